The van der Waals surface area contributed by atoms with Crippen LogP contribution in [0.25, 0.3) is 0 Å². The third-order valence-corrected chi connectivity index (χ3v) is 2.95. The van der Waals surface area contributed by atoms with Gasteiger partial charge in [-0.25, -0.2) is 0 Å². The molecule has 0 saturated carbocycles. The van der Waals surface area contributed by atoms with E-state index < -0.39 is 0 Å². The molecule has 1 atom stereocenters. The van der Waals surface area contributed by atoms with E-state index in [2.05, 4.69) is 35.1 Å². The smallest absolute Gasteiger partial charge is 0.143 e. The SMILES string of the molecule is CC(C)C1CNc2cc(Br)ccc2O1. The monoisotopic (exact) mass is 255 g/mol. The molecule has 1 aliphatic rings. The van der Waals surface area contributed by atoms with Crippen LogP contribution >= 0.6 is 15.9 Å². The van der Waals surface area contributed by atoms with Crippen molar-refractivity contribution in [3.8, 4) is 5.75 Å². The average molecular weight is 256 g/mol. The van der Waals surface area contributed by atoms with Crippen molar-refractivity contribution in [2.45, 2.75) is 20.0 Å². The first-order valence-electron chi connectivity index (χ1n) is 4.87. The van der Waals surface area contributed by atoms with Crippen molar-refractivity contribution in [1.82, 2.24) is 0 Å². The van der Waals surface area contributed by atoms with Gasteiger partial charge in [-0.15, -0.1) is 0 Å². The zero-order chi connectivity index (χ0) is 10.1. The second kappa shape index (κ2) is 3.81. The Morgan fingerprint density at radius 1 is 1.50 bits per heavy atom. The number of halogens is 1. The van der Waals surface area contributed by atoms with Gasteiger partial charge in [-0.2, -0.15) is 0 Å². The molecule has 1 aromatic carbocycles. The van der Waals surface area contributed by atoms with Crippen LogP contribution in [0.1, 0.15) is 13.8 Å². The van der Waals surface area contributed by atoms with Crippen LogP contribution in [0.5, 0.6) is 5.75 Å². The highest BCUT2D eigenvalue weighted by molar-refractivity contribution is 9.10. The summed E-state index contributed by atoms with van der Waals surface area (Å²) in [5, 5.41) is 3.38. The molecule has 1 aromatic rings. The van der Waals surface area contributed by atoms with Gasteiger partial charge in [0.05, 0.1) is 12.2 Å². The molecule has 1 N–H and O–H groups in total. The maximum atomic E-state index is 5.86. The van der Waals surface area contributed by atoms with Gasteiger partial charge in [0.15, 0.2) is 0 Å². The maximum absolute atomic E-state index is 5.86. The molecule has 0 radical (unpaired) electrons. The van der Waals surface area contributed by atoms with Crippen LogP contribution in [0.4, 0.5) is 5.69 Å². The second-order valence-electron chi connectivity index (χ2n) is 3.92. The van der Waals surface area contributed by atoms with E-state index in [1.54, 1.807) is 0 Å². The van der Waals surface area contributed by atoms with Gasteiger partial charge in [0.1, 0.15) is 11.9 Å². The van der Waals surface area contributed by atoms with E-state index in [0.717, 1.165) is 22.5 Å². The highest BCUT2D eigenvalue weighted by Crippen LogP contribution is 2.32. The van der Waals surface area contributed by atoms with Crippen LogP contribution in [0.15, 0.2) is 22.7 Å². The van der Waals surface area contributed by atoms with E-state index in [1.165, 1.54) is 0 Å². The Kier molecular flexibility index (Phi) is 2.68. The number of anilines is 1. The van der Waals surface area contributed by atoms with E-state index in [1.807, 2.05) is 18.2 Å². The predicted molar refractivity (Wildman–Crippen MR) is 61.9 cm³/mol. The predicted octanol–water partition coefficient (Wildman–Crippen LogP) is 3.28. The number of rotatable bonds is 1. The summed E-state index contributed by atoms with van der Waals surface area (Å²) in [5.74, 6) is 1.50. The van der Waals surface area contributed by atoms with Gasteiger partial charge in [-0.05, 0) is 24.1 Å². The molecule has 0 aromatic heterocycles. The molecular formula is C11H14BrNO. The molecule has 0 aliphatic carbocycles. The van der Waals surface area contributed by atoms with Gasteiger partial charge >= 0.3 is 0 Å². The van der Waals surface area contributed by atoms with Crippen LogP contribution < -0.4 is 10.1 Å². The lowest BCUT2D eigenvalue weighted by molar-refractivity contribution is 0.156. The summed E-state index contributed by atoms with van der Waals surface area (Å²) in [6.07, 6.45) is 0.281. The highest BCUT2D eigenvalue weighted by atomic mass is 79.9. The number of fused-ring (bicyclic) bond motifs is 1. The van der Waals surface area contributed by atoms with Crippen molar-refractivity contribution in [2.24, 2.45) is 5.92 Å². The fourth-order valence-corrected chi connectivity index (χ4v) is 1.89. The molecule has 14 heavy (non-hydrogen) atoms. The van der Waals surface area contributed by atoms with Gasteiger partial charge in [-0.3, -0.25) is 0 Å². The molecule has 2 nitrogen and oxygen atoms in total. The molecule has 0 spiro atoms. The van der Waals surface area contributed by atoms with Crippen LogP contribution in [0, 0.1) is 5.92 Å². The molecule has 0 amide bonds. The first-order chi connectivity index (χ1) is 6.66. The number of ether oxygens (including phenoxy) is 1. The van der Waals surface area contributed by atoms with Crippen molar-refractivity contribution in [2.75, 3.05) is 11.9 Å². The minimum atomic E-state index is 0.281. The van der Waals surface area contributed by atoms with Crippen molar-refractivity contribution in [3.63, 3.8) is 0 Å². The van der Waals surface area contributed by atoms with Gasteiger partial charge in [-0.1, -0.05) is 29.8 Å². The molecule has 1 heterocycles. The van der Waals surface area contributed by atoms with Crippen molar-refractivity contribution in [1.29, 1.82) is 0 Å². The fourth-order valence-electron chi connectivity index (χ4n) is 1.53. The number of hydrogen-bond donors (Lipinski definition) is 1. The average Bonchev–Trinajstić information content (AvgIpc) is 2.16. The Morgan fingerprint density at radius 2 is 2.29 bits per heavy atom. The largest absolute Gasteiger partial charge is 0.486 e. The van der Waals surface area contributed by atoms with E-state index in [4.69, 9.17) is 4.74 Å². The van der Waals surface area contributed by atoms with Gasteiger partial charge < -0.3 is 10.1 Å². The van der Waals surface area contributed by atoms with E-state index in [-0.39, 0.29) is 6.10 Å². The summed E-state index contributed by atoms with van der Waals surface area (Å²) in [6, 6.07) is 6.05. The van der Waals surface area contributed by atoms with Crippen molar-refractivity contribution in [3.05, 3.63) is 22.7 Å². The number of hydrogen-bond acceptors (Lipinski definition) is 2. The Labute approximate surface area is 92.8 Å². The van der Waals surface area contributed by atoms with E-state index in [0.29, 0.717) is 5.92 Å². The van der Waals surface area contributed by atoms with Gasteiger partial charge in [0, 0.05) is 4.47 Å². The zero-order valence-corrected chi connectivity index (χ0v) is 9.97. The standard InChI is InChI=1S/C11H14BrNO/c1-7(2)11-6-13-9-5-8(12)3-4-10(9)14-11/h3-5,7,11,13H,6H2,1-2H3. The summed E-state index contributed by atoms with van der Waals surface area (Å²) in [4.78, 5) is 0. The Morgan fingerprint density at radius 3 is 3.00 bits per heavy atom. The highest BCUT2D eigenvalue weighted by Gasteiger charge is 2.21. The van der Waals surface area contributed by atoms with Crippen molar-refractivity contribution >= 4 is 21.6 Å². The Hall–Kier alpha value is -0.700. The van der Waals surface area contributed by atoms with Crippen molar-refractivity contribution < 1.29 is 4.74 Å². The van der Waals surface area contributed by atoms with E-state index >= 15 is 0 Å². The molecule has 0 fully saturated rings. The molecule has 0 saturated heterocycles. The molecule has 3 heteroatoms. The normalized spacial score (nSPS) is 19.9. The lowest BCUT2D eigenvalue weighted by Gasteiger charge is -2.29. The van der Waals surface area contributed by atoms with E-state index in [9.17, 15) is 0 Å². The molecule has 76 valence electrons. The lowest BCUT2D eigenvalue weighted by Crippen LogP contribution is -2.34. The van der Waals surface area contributed by atoms with Crippen LogP contribution in [-0.2, 0) is 0 Å². The molecular weight excluding hydrogens is 242 g/mol. The molecule has 1 aliphatic heterocycles. The minimum Gasteiger partial charge on any atom is -0.486 e. The van der Waals surface area contributed by atoms with Crippen LogP contribution in [0.3, 0.4) is 0 Å². The molecule has 2 rings (SSSR count). The summed E-state index contributed by atoms with van der Waals surface area (Å²) in [6.45, 7) is 5.24. The first-order valence-corrected chi connectivity index (χ1v) is 5.66. The summed E-state index contributed by atoms with van der Waals surface area (Å²) >= 11 is 3.44. The first kappa shape index (κ1) is 9.84. The topological polar surface area (TPSA) is 21.3 Å². The summed E-state index contributed by atoms with van der Waals surface area (Å²) in [7, 11) is 0. The maximum Gasteiger partial charge on any atom is 0.143 e. The Bertz CT molecular complexity index is 338. The summed E-state index contributed by atoms with van der Waals surface area (Å²) in [5.41, 5.74) is 1.08. The lowest BCUT2D eigenvalue weighted by atomic mass is 10.1. The second-order valence-corrected chi connectivity index (χ2v) is 4.84. The molecule has 1 unspecified atom stereocenters. The fraction of sp³-hybridized carbons (Fsp3) is 0.455. The summed E-state index contributed by atoms with van der Waals surface area (Å²) < 4.78 is 6.94. The van der Waals surface area contributed by atoms with Crippen LogP contribution in [0.2, 0.25) is 0 Å². The third kappa shape index (κ3) is 1.87. The van der Waals surface area contributed by atoms with Gasteiger partial charge in [0.25, 0.3) is 0 Å². The zero-order valence-electron chi connectivity index (χ0n) is 8.38. The minimum absolute atomic E-state index is 0.281. The molecule has 0 bridgehead atoms. The van der Waals surface area contributed by atoms with Crippen LogP contribution in [-0.4, -0.2) is 12.6 Å². The third-order valence-electron chi connectivity index (χ3n) is 2.46. The van der Waals surface area contributed by atoms with Gasteiger partial charge in [0.2, 0.25) is 0 Å². The number of benzene rings is 1. The number of nitrogens with one attached hydrogen (secondary N) is 1. The quantitative estimate of drug-likeness (QED) is 0.832. The Balaban J connectivity index is 2.23.